The van der Waals surface area contributed by atoms with Crippen LogP contribution in [0.5, 0.6) is 0 Å². The zero-order valence-electron chi connectivity index (χ0n) is 20.5. The van der Waals surface area contributed by atoms with E-state index in [0.29, 0.717) is 29.6 Å². The summed E-state index contributed by atoms with van der Waals surface area (Å²) in [5.74, 6) is 3.89. The largest absolute Gasteiger partial charge is 0.369 e. The molecule has 4 fully saturated rings. The van der Waals surface area contributed by atoms with Crippen LogP contribution in [0.15, 0.2) is 35.2 Å². The maximum absolute atomic E-state index is 6.63. The van der Waals surface area contributed by atoms with Crippen LogP contribution in [0.3, 0.4) is 0 Å². The molecule has 2 bridgehead atoms. The third-order valence-electron chi connectivity index (χ3n) is 9.50. The summed E-state index contributed by atoms with van der Waals surface area (Å²) in [6.07, 6.45) is 8.53. The first-order chi connectivity index (χ1) is 15.3. The molecule has 3 saturated heterocycles. The molecule has 1 saturated carbocycles. The first-order valence-electron chi connectivity index (χ1n) is 13.0. The van der Waals surface area contributed by atoms with Gasteiger partial charge in [-0.2, -0.15) is 0 Å². The van der Waals surface area contributed by atoms with E-state index in [2.05, 4.69) is 58.0 Å². The Bertz CT molecular complexity index is 778. The van der Waals surface area contributed by atoms with E-state index in [1.165, 1.54) is 43.4 Å². The van der Waals surface area contributed by atoms with E-state index in [1.54, 1.807) is 0 Å². The second kappa shape index (κ2) is 8.91. The van der Waals surface area contributed by atoms with Gasteiger partial charge < -0.3 is 14.2 Å². The third-order valence-corrected chi connectivity index (χ3v) is 10.7. The van der Waals surface area contributed by atoms with Gasteiger partial charge in [0.05, 0.1) is 24.4 Å². The topological polar surface area (TPSA) is 27.7 Å². The van der Waals surface area contributed by atoms with Crippen molar-refractivity contribution >= 4 is 11.8 Å². The van der Waals surface area contributed by atoms with Gasteiger partial charge in [-0.15, -0.1) is 11.8 Å². The minimum Gasteiger partial charge on any atom is -0.369 e. The van der Waals surface area contributed by atoms with Crippen LogP contribution < -0.4 is 0 Å². The van der Waals surface area contributed by atoms with Crippen molar-refractivity contribution in [2.45, 2.75) is 94.5 Å². The maximum Gasteiger partial charge on any atom is 0.171 e. The van der Waals surface area contributed by atoms with E-state index in [1.807, 2.05) is 11.8 Å². The quantitative estimate of drug-likeness (QED) is 0.413. The molecule has 1 aromatic carbocycles. The van der Waals surface area contributed by atoms with Crippen LogP contribution in [0.4, 0.5) is 0 Å². The number of benzene rings is 1. The average Bonchev–Trinajstić information content (AvgIpc) is 3.41. The van der Waals surface area contributed by atoms with E-state index in [0.717, 1.165) is 25.4 Å². The molecule has 3 aliphatic heterocycles. The van der Waals surface area contributed by atoms with Gasteiger partial charge in [0.25, 0.3) is 0 Å². The van der Waals surface area contributed by atoms with Crippen molar-refractivity contribution in [2.75, 3.05) is 19.0 Å². The maximum atomic E-state index is 6.63. The van der Waals surface area contributed by atoms with E-state index in [4.69, 9.17) is 14.2 Å². The highest BCUT2D eigenvalue weighted by molar-refractivity contribution is 7.99. The van der Waals surface area contributed by atoms with E-state index < -0.39 is 0 Å². The Morgan fingerprint density at radius 2 is 1.72 bits per heavy atom. The molecule has 4 heteroatoms. The minimum absolute atomic E-state index is 0.0738. The van der Waals surface area contributed by atoms with Crippen molar-refractivity contribution in [3.63, 3.8) is 0 Å². The van der Waals surface area contributed by atoms with Gasteiger partial charge in [0.2, 0.25) is 0 Å². The fourth-order valence-corrected chi connectivity index (χ4v) is 8.71. The van der Waals surface area contributed by atoms with Crippen LogP contribution in [0.25, 0.3) is 0 Å². The van der Waals surface area contributed by atoms with Gasteiger partial charge >= 0.3 is 0 Å². The van der Waals surface area contributed by atoms with Crippen molar-refractivity contribution in [1.29, 1.82) is 0 Å². The van der Waals surface area contributed by atoms with Crippen LogP contribution in [0.2, 0.25) is 0 Å². The predicted molar refractivity (Wildman–Crippen MR) is 131 cm³/mol. The predicted octanol–water partition coefficient (Wildman–Crippen LogP) is 6.95. The smallest absolute Gasteiger partial charge is 0.171 e. The summed E-state index contributed by atoms with van der Waals surface area (Å²) in [4.78, 5) is 1.38. The summed E-state index contributed by atoms with van der Waals surface area (Å²) in [6.45, 7) is 11.1. The molecule has 1 aromatic rings. The number of hydrogen-bond donors (Lipinski definition) is 0. The molecule has 3 heterocycles. The lowest BCUT2D eigenvalue weighted by Crippen LogP contribution is -2.48. The monoisotopic (exact) mass is 458 g/mol. The van der Waals surface area contributed by atoms with Gasteiger partial charge in [0.1, 0.15) is 0 Å². The van der Waals surface area contributed by atoms with Crippen molar-refractivity contribution in [3.8, 4) is 0 Å². The van der Waals surface area contributed by atoms with E-state index >= 15 is 0 Å². The molecular weight excluding hydrogens is 416 g/mol. The van der Waals surface area contributed by atoms with Gasteiger partial charge in [-0.05, 0) is 81.8 Å². The first-order valence-corrected chi connectivity index (χ1v) is 14.0. The molecule has 1 spiro atoms. The molecule has 178 valence electrons. The Kier molecular flexibility index (Phi) is 6.46. The molecule has 0 amide bonds. The summed E-state index contributed by atoms with van der Waals surface area (Å²) in [5, 5.41) is 0. The van der Waals surface area contributed by atoms with E-state index in [9.17, 15) is 0 Å². The van der Waals surface area contributed by atoms with Crippen molar-refractivity contribution in [1.82, 2.24) is 0 Å². The van der Waals surface area contributed by atoms with Crippen LogP contribution in [-0.4, -0.2) is 36.0 Å². The zero-order valence-corrected chi connectivity index (χ0v) is 21.3. The molecule has 0 radical (unpaired) electrons. The number of thioether (sulfide) groups is 1. The summed E-state index contributed by atoms with van der Waals surface area (Å²) in [5.41, 5.74) is 0.164. The lowest BCUT2D eigenvalue weighted by atomic mass is 9.65. The first kappa shape index (κ1) is 23.2. The summed E-state index contributed by atoms with van der Waals surface area (Å²) in [6, 6.07) is 10.9. The van der Waals surface area contributed by atoms with Crippen molar-refractivity contribution < 1.29 is 14.2 Å². The van der Waals surface area contributed by atoms with Crippen LogP contribution in [0, 0.1) is 29.6 Å². The summed E-state index contributed by atoms with van der Waals surface area (Å²) in [7, 11) is 0. The van der Waals surface area contributed by atoms with Crippen LogP contribution in [-0.2, 0) is 14.2 Å². The number of hydrogen-bond acceptors (Lipinski definition) is 4. The molecule has 4 aliphatic rings. The Hall–Kier alpha value is -0.550. The number of fused-ring (bicyclic) bond motifs is 2. The second-order valence-corrected chi connectivity index (χ2v) is 12.7. The van der Waals surface area contributed by atoms with Crippen molar-refractivity contribution in [2.24, 2.45) is 29.6 Å². The Balaban J connectivity index is 1.34. The number of rotatable bonds is 7. The molecular formula is C28H42O3S. The summed E-state index contributed by atoms with van der Waals surface area (Å²) >= 11 is 2.02. The molecule has 0 N–H and O–H groups in total. The molecule has 3 nitrogen and oxygen atoms in total. The van der Waals surface area contributed by atoms with Crippen LogP contribution >= 0.6 is 11.8 Å². The number of ether oxygens (including phenoxy) is 3. The van der Waals surface area contributed by atoms with E-state index in [-0.39, 0.29) is 17.0 Å². The van der Waals surface area contributed by atoms with Gasteiger partial charge in [0.15, 0.2) is 5.79 Å². The van der Waals surface area contributed by atoms with Gasteiger partial charge in [-0.25, -0.2) is 0 Å². The van der Waals surface area contributed by atoms with Gasteiger partial charge in [0, 0.05) is 23.0 Å². The fourth-order valence-electron chi connectivity index (χ4n) is 7.56. The zero-order chi connectivity index (χ0) is 22.4. The fraction of sp³-hybridized carbons (Fsp3) is 0.786. The molecule has 1 aliphatic carbocycles. The molecule has 7 atom stereocenters. The highest BCUT2D eigenvalue weighted by atomic mass is 32.2. The SMILES string of the molecule is C[C@@H]1CC[C@@H]([C@@H](CC[C@@H]2[C@@H](C)[C@]3(C)CC[C@@]2(C)O3)CSc2ccccc2)C2(C1)OCCO2. The lowest BCUT2D eigenvalue weighted by Gasteiger charge is -2.46. The Labute approximate surface area is 199 Å². The van der Waals surface area contributed by atoms with Crippen LogP contribution in [0.1, 0.15) is 72.6 Å². The average molecular weight is 459 g/mol. The minimum atomic E-state index is -0.341. The Morgan fingerprint density at radius 3 is 2.41 bits per heavy atom. The molecule has 0 unspecified atom stereocenters. The molecule has 0 aromatic heterocycles. The Morgan fingerprint density at radius 1 is 1.00 bits per heavy atom. The lowest BCUT2D eigenvalue weighted by molar-refractivity contribution is -0.231. The van der Waals surface area contributed by atoms with Gasteiger partial charge in [-0.3, -0.25) is 0 Å². The highest BCUT2D eigenvalue weighted by Crippen LogP contribution is 2.59. The second-order valence-electron chi connectivity index (χ2n) is 11.6. The normalized spacial score (nSPS) is 41.4. The standard InChI is InChI=1S/C28H42O3S/c1-20-10-12-25(28(18-20)29-16-17-30-28)22(19-32-23-8-6-5-7-9-23)11-13-24-21(2)26(3)14-15-27(24,4)31-26/h5-9,20-22,24-25H,10-19H2,1-4H3/t20-,21-,22+,24-,25+,26+,27-/m1/s1. The molecule has 5 rings (SSSR count). The van der Waals surface area contributed by atoms with Gasteiger partial charge in [-0.1, -0.05) is 38.5 Å². The highest BCUT2D eigenvalue weighted by Gasteiger charge is 2.61. The third kappa shape index (κ3) is 4.19. The van der Waals surface area contributed by atoms with Crippen molar-refractivity contribution in [3.05, 3.63) is 30.3 Å². The summed E-state index contributed by atoms with van der Waals surface area (Å²) < 4.78 is 19.5. The molecule has 32 heavy (non-hydrogen) atoms.